The van der Waals surface area contributed by atoms with Crippen LogP contribution in [0.2, 0.25) is 0 Å². The molecule has 0 spiro atoms. The van der Waals surface area contributed by atoms with Gasteiger partial charge in [-0.3, -0.25) is 4.98 Å². The first-order valence-electron chi connectivity index (χ1n) is 7.20. The molecule has 5 heteroatoms. The van der Waals surface area contributed by atoms with Crippen molar-refractivity contribution in [2.45, 2.75) is 26.3 Å². The highest BCUT2D eigenvalue weighted by Crippen LogP contribution is 2.23. The maximum Gasteiger partial charge on any atom is 0.160 e. The molecular weight excluding hydrogens is 264 g/mol. The number of pyridine rings is 2. The normalized spacial score (nSPS) is 11.1. The van der Waals surface area contributed by atoms with E-state index in [-0.39, 0.29) is 6.61 Å². The second-order valence-corrected chi connectivity index (χ2v) is 4.96. The lowest BCUT2D eigenvalue weighted by molar-refractivity contribution is 0.275. The Kier molecular flexibility index (Phi) is 3.92. The third-order valence-corrected chi connectivity index (χ3v) is 3.47. The third kappa shape index (κ3) is 2.64. The zero-order valence-corrected chi connectivity index (χ0v) is 12.0. The Hall–Kier alpha value is -2.27. The van der Waals surface area contributed by atoms with Crippen molar-refractivity contribution in [2.75, 3.05) is 6.61 Å². The molecule has 0 saturated carbocycles. The van der Waals surface area contributed by atoms with Gasteiger partial charge in [0.15, 0.2) is 5.65 Å². The van der Waals surface area contributed by atoms with Crippen molar-refractivity contribution in [2.24, 2.45) is 0 Å². The molecule has 3 aromatic heterocycles. The van der Waals surface area contributed by atoms with Gasteiger partial charge in [-0.2, -0.15) is 0 Å². The molecule has 0 aromatic carbocycles. The molecule has 0 aliphatic rings. The first-order valence-corrected chi connectivity index (χ1v) is 7.20. The predicted octanol–water partition coefficient (Wildman–Crippen LogP) is 2.44. The molecule has 1 N–H and O–H groups in total. The lowest BCUT2D eigenvalue weighted by Crippen LogP contribution is -2.07. The molecule has 0 fully saturated rings. The number of nitrogens with zero attached hydrogens (tertiary/aromatic N) is 4. The molecule has 0 bridgehead atoms. The molecule has 3 aromatic rings. The summed E-state index contributed by atoms with van der Waals surface area (Å²) in [5.41, 5.74) is 3.82. The Bertz CT molecular complexity index is 737. The quantitative estimate of drug-likeness (QED) is 0.780. The van der Waals surface area contributed by atoms with E-state index in [9.17, 15) is 5.11 Å². The topological polar surface area (TPSA) is 63.8 Å². The molecule has 3 rings (SSSR count). The van der Waals surface area contributed by atoms with Gasteiger partial charge in [0.05, 0.1) is 6.61 Å². The highest BCUT2D eigenvalue weighted by molar-refractivity contribution is 5.78. The van der Waals surface area contributed by atoms with Gasteiger partial charge in [0, 0.05) is 37.1 Å². The number of hydrogen-bond acceptors (Lipinski definition) is 4. The van der Waals surface area contributed by atoms with Crippen molar-refractivity contribution in [1.29, 1.82) is 0 Å². The zero-order valence-electron chi connectivity index (χ0n) is 12.0. The molecule has 0 aliphatic carbocycles. The van der Waals surface area contributed by atoms with Gasteiger partial charge in [-0.25, -0.2) is 9.97 Å². The van der Waals surface area contributed by atoms with Crippen LogP contribution in [0.5, 0.6) is 0 Å². The van der Waals surface area contributed by atoms with Gasteiger partial charge < -0.3 is 9.67 Å². The smallest absolute Gasteiger partial charge is 0.160 e. The standard InChI is InChI=1S/C16H18N4O/c1-2-3-15-19-14-10-13(12-4-6-17-7-5-12)11-18-16(14)20(15)8-9-21/h4-7,10-11,21H,2-3,8-9H2,1H3. The zero-order chi connectivity index (χ0) is 14.7. The van der Waals surface area contributed by atoms with Gasteiger partial charge in [-0.05, 0) is 30.2 Å². The monoisotopic (exact) mass is 282 g/mol. The van der Waals surface area contributed by atoms with Crippen LogP contribution in [0.1, 0.15) is 19.2 Å². The number of rotatable bonds is 5. The van der Waals surface area contributed by atoms with E-state index in [1.165, 1.54) is 0 Å². The van der Waals surface area contributed by atoms with E-state index in [2.05, 4.69) is 21.9 Å². The second kappa shape index (κ2) is 6.01. The molecule has 0 atom stereocenters. The molecule has 5 nitrogen and oxygen atoms in total. The average molecular weight is 282 g/mol. The molecule has 0 amide bonds. The van der Waals surface area contributed by atoms with Gasteiger partial charge in [0.2, 0.25) is 0 Å². The second-order valence-electron chi connectivity index (χ2n) is 4.96. The highest BCUT2D eigenvalue weighted by Gasteiger charge is 2.12. The number of aryl methyl sites for hydroxylation is 1. The summed E-state index contributed by atoms with van der Waals surface area (Å²) in [5, 5.41) is 9.24. The molecule has 0 radical (unpaired) electrons. The van der Waals surface area contributed by atoms with Crippen LogP contribution in [0.15, 0.2) is 36.8 Å². The van der Waals surface area contributed by atoms with Crippen LogP contribution in [0.4, 0.5) is 0 Å². The van der Waals surface area contributed by atoms with Gasteiger partial charge in [0.25, 0.3) is 0 Å². The first kappa shape index (κ1) is 13.7. The maximum atomic E-state index is 9.24. The van der Waals surface area contributed by atoms with E-state index in [1.807, 2.05) is 29.0 Å². The average Bonchev–Trinajstić information content (AvgIpc) is 2.86. The lowest BCUT2D eigenvalue weighted by Gasteiger charge is -2.05. The van der Waals surface area contributed by atoms with Crippen LogP contribution < -0.4 is 0 Å². The Morgan fingerprint density at radius 2 is 2.00 bits per heavy atom. The van der Waals surface area contributed by atoms with Crippen LogP contribution in [0.3, 0.4) is 0 Å². The van der Waals surface area contributed by atoms with E-state index < -0.39 is 0 Å². The molecule has 0 aliphatic heterocycles. The summed E-state index contributed by atoms with van der Waals surface area (Å²) >= 11 is 0. The van der Waals surface area contributed by atoms with Crippen molar-refractivity contribution in [3.05, 3.63) is 42.6 Å². The minimum Gasteiger partial charge on any atom is -0.395 e. The molecule has 3 heterocycles. The Morgan fingerprint density at radius 1 is 1.19 bits per heavy atom. The fraction of sp³-hybridized carbons (Fsp3) is 0.312. The van der Waals surface area contributed by atoms with Crippen LogP contribution in [-0.2, 0) is 13.0 Å². The number of imidazole rings is 1. The fourth-order valence-corrected chi connectivity index (χ4v) is 2.51. The van der Waals surface area contributed by atoms with E-state index in [4.69, 9.17) is 0 Å². The SMILES string of the molecule is CCCc1nc2cc(-c3ccncc3)cnc2n1CCO. The summed E-state index contributed by atoms with van der Waals surface area (Å²) in [6.07, 6.45) is 7.30. The largest absolute Gasteiger partial charge is 0.395 e. The first-order chi connectivity index (χ1) is 10.3. The number of fused-ring (bicyclic) bond motifs is 1. The predicted molar refractivity (Wildman–Crippen MR) is 81.8 cm³/mol. The van der Waals surface area contributed by atoms with Crippen molar-refractivity contribution in [3.8, 4) is 11.1 Å². The van der Waals surface area contributed by atoms with E-state index in [1.54, 1.807) is 12.4 Å². The van der Waals surface area contributed by atoms with Crippen LogP contribution in [0, 0.1) is 0 Å². The van der Waals surface area contributed by atoms with Gasteiger partial charge in [-0.1, -0.05) is 6.92 Å². The highest BCUT2D eigenvalue weighted by atomic mass is 16.3. The minimum atomic E-state index is 0.0932. The van der Waals surface area contributed by atoms with Crippen molar-refractivity contribution in [3.63, 3.8) is 0 Å². The Labute approximate surface area is 123 Å². The van der Waals surface area contributed by atoms with E-state index >= 15 is 0 Å². The van der Waals surface area contributed by atoms with Crippen molar-refractivity contribution in [1.82, 2.24) is 19.5 Å². The van der Waals surface area contributed by atoms with Gasteiger partial charge in [0.1, 0.15) is 11.3 Å². The summed E-state index contributed by atoms with van der Waals surface area (Å²) in [6.45, 7) is 2.75. The van der Waals surface area contributed by atoms with E-state index in [0.717, 1.165) is 41.0 Å². The van der Waals surface area contributed by atoms with Crippen LogP contribution in [0.25, 0.3) is 22.3 Å². The van der Waals surface area contributed by atoms with Crippen LogP contribution in [-0.4, -0.2) is 31.2 Å². The third-order valence-electron chi connectivity index (χ3n) is 3.47. The molecule has 21 heavy (non-hydrogen) atoms. The van der Waals surface area contributed by atoms with E-state index in [0.29, 0.717) is 6.54 Å². The lowest BCUT2D eigenvalue weighted by atomic mass is 10.1. The summed E-state index contributed by atoms with van der Waals surface area (Å²) in [5.74, 6) is 0.987. The number of hydrogen-bond donors (Lipinski definition) is 1. The Balaban J connectivity index is 2.10. The number of aliphatic hydroxyl groups is 1. The molecule has 0 unspecified atom stereocenters. The number of aliphatic hydroxyl groups excluding tert-OH is 1. The summed E-state index contributed by atoms with van der Waals surface area (Å²) < 4.78 is 2.01. The van der Waals surface area contributed by atoms with Crippen molar-refractivity contribution >= 4 is 11.2 Å². The number of aromatic nitrogens is 4. The summed E-state index contributed by atoms with van der Waals surface area (Å²) in [7, 11) is 0. The summed E-state index contributed by atoms with van der Waals surface area (Å²) in [4.78, 5) is 13.3. The van der Waals surface area contributed by atoms with Crippen molar-refractivity contribution < 1.29 is 5.11 Å². The Morgan fingerprint density at radius 3 is 2.71 bits per heavy atom. The summed E-state index contributed by atoms with van der Waals surface area (Å²) in [6, 6.07) is 5.96. The van der Waals surface area contributed by atoms with Crippen LogP contribution >= 0.6 is 0 Å². The fourth-order valence-electron chi connectivity index (χ4n) is 2.51. The van der Waals surface area contributed by atoms with Gasteiger partial charge >= 0.3 is 0 Å². The maximum absolute atomic E-state index is 9.24. The molecule has 0 saturated heterocycles. The van der Waals surface area contributed by atoms with Gasteiger partial charge in [-0.15, -0.1) is 0 Å². The minimum absolute atomic E-state index is 0.0932. The molecule has 108 valence electrons. The molecular formula is C16H18N4O.